The zero-order valence-electron chi connectivity index (χ0n) is 16.3. The van der Waals surface area contributed by atoms with Gasteiger partial charge in [0.25, 0.3) is 0 Å². The number of carbonyl (C=O) groups is 1. The molecule has 2 aromatic carbocycles. The van der Waals surface area contributed by atoms with Crippen molar-refractivity contribution in [3.05, 3.63) is 70.6 Å². The van der Waals surface area contributed by atoms with E-state index in [4.69, 9.17) is 0 Å². The second-order valence-corrected chi connectivity index (χ2v) is 9.04. The summed E-state index contributed by atoms with van der Waals surface area (Å²) in [6.45, 7) is 2.32. The van der Waals surface area contributed by atoms with E-state index in [0.717, 1.165) is 25.1 Å². The molecule has 0 bridgehead atoms. The van der Waals surface area contributed by atoms with E-state index in [1.165, 1.54) is 34.1 Å². The highest BCUT2D eigenvalue weighted by atomic mass is 32.1. The van der Waals surface area contributed by atoms with Crippen LogP contribution >= 0.6 is 11.3 Å². The van der Waals surface area contributed by atoms with Crippen LogP contribution in [0.25, 0.3) is 10.1 Å². The Morgan fingerprint density at radius 1 is 1.11 bits per heavy atom. The Hall–Kier alpha value is -2.17. The molecular weight excluding hydrogens is 364 g/mol. The van der Waals surface area contributed by atoms with Crippen molar-refractivity contribution in [2.24, 2.45) is 0 Å². The molecule has 5 rings (SSSR count). The van der Waals surface area contributed by atoms with Crippen LogP contribution in [0.1, 0.15) is 35.6 Å². The third kappa shape index (κ3) is 3.05. The Morgan fingerprint density at radius 2 is 1.93 bits per heavy atom. The molecular formula is C24H26N2OS. The second-order valence-electron chi connectivity index (χ2n) is 8.09. The molecule has 1 amide bonds. The molecule has 1 saturated heterocycles. The number of likely N-dealkylation sites (tertiary alicyclic amines) is 1. The maximum absolute atomic E-state index is 13.3. The molecule has 1 fully saturated rings. The lowest BCUT2D eigenvalue weighted by molar-refractivity contribution is -0.132. The highest BCUT2D eigenvalue weighted by Gasteiger charge is 2.40. The van der Waals surface area contributed by atoms with Crippen LogP contribution in [0.5, 0.6) is 0 Å². The van der Waals surface area contributed by atoms with Gasteiger partial charge in [0.15, 0.2) is 0 Å². The van der Waals surface area contributed by atoms with E-state index >= 15 is 0 Å². The number of thiophene rings is 1. The number of benzene rings is 2. The van der Waals surface area contributed by atoms with Crippen molar-refractivity contribution >= 4 is 27.3 Å². The monoisotopic (exact) mass is 390 g/mol. The van der Waals surface area contributed by atoms with Gasteiger partial charge in [-0.25, -0.2) is 0 Å². The van der Waals surface area contributed by atoms with Crippen LogP contribution in [0.3, 0.4) is 0 Å². The van der Waals surface area contributed by atoms with E-state index in [1.54, 1.807) is 11.3 Å². The van der Waals surface area contributed by atoms with Crippen molar-refractivity contribution in [1.82, 2.24) is 9.80 Å². The van der Waals surface area contributed by atoms with E-state index in [-0.39, 0.29) is 11.9 Å². The van der Waals surface area contributed by atoms with E-state index in [1.807, 2.05) is 11.9 Å². The zero-order valence-corrected chi connectivity index (χ0v) is 17.1. The van der Waals surface area contributed by atoms with E-state index < -0.39 is 0 Å². The predicted octanol–water partition coefficient (Wildman–Crippen LogP) is 4.66. The average molecular weight is 391 g/mol. The molecule has 4 heteroatoms. The Morgan fingerprint density at radius 3 is 2.79 bits per heavy atom. The van der Waals surface area contributed by atoms with Crippen LogP contribution < -0.4 is 0 Å². The standard InChI is InChI=1S/C24H26N2OS/c1-25(23(27)16-18-8-6-10-22-19(18)11-14-28-22)24-20-9-3-2-7-17(20)15-21(24)26-12-4-5-13-26/h2-3,6-11,14,21,24H,4-5,12-13,15-16H2,1H3/t21-,24-/m1/s1. The maximum atomic E-state index is 13.3. The summed E-state index contributed by atoms with van der Waals surface area (Å²) in [4.78, 5) is 18.0. The fourth-order valence-electron chi connectivity index (χ4n) is 5.08. The van der Waals surface area contributed by atoms with Crippen molar-refractivity contribution in [2.75, 3.05) is 20.1 Å². The Bertz CT molecular complexity index is 1000. The van der Waals surface area contributed by atoms with Gasteiger partial charge in [-0.05, 0) is 71.9 Å². The van der Waals surface area contributed by atoms with Gasteiger partial charge in [-0.2, -0.15) is 0 Å². The van der Waals surface area contributed by atoms with Crippen molar-refractivity contribution in [1.29, 1.82) is 0 Å². The first-order valence-corrected chi connectivity index (χ1v) is 11.1. The molecule has 3 aromatic rings. The lowest BCUT2D eigenvalue weighted by atomic mass is 10.0. The van der Waals surface area contributed by atoms with Crippen molar-refractivity contribution in [3.63, 3.8) is 0 Å². The van der Waals surface area contributed by atoms with Crippen molar-refractivity contribution < 1.29 is 4.79 Å². The van der Waals surface area contributed by atoms with Crippen LogP contribution in [0, 0.1) is 0 Å². The van der Waals surface area contributed by atoms with Crippen LogP contribution in [0.4, 0.5) is 0 Å². The van der Waals surface area contributed by atoms with Gasteiger partial charge in [-0.1, -0.05) is 36.4 Å². The van der Waals surface area contributed by atoms with Gasteiger partial charge in [0, 0.05) is 17.8 Å². The molecule has 28 heavy (non-hydrogen) atoms. The molecule has 0 saturated carbocycles. The number of hydrogen-bond donors (Lipinski definition) is 0. The molecule has 2 heterocycles. The molecule has 144 valence electrons. The largest absolute Gasteiger partial charge is 0.337 e. The van der Waals surface area contributed by atoms with Gasteiger partial charge in [0.1, 0.15) is 0 Å². The molecule has 0 N–H and O–H groups in total. The Labute approximate surface area is 170 Å². The molecule has 3 nitrogen and oxygen atoms in total. The summed E-state index contributed by atoms with van der Waals surface area (Å²) >= 11 is 1.74. The number of fused-ring (bicyclic) bond motifs is 2. The fraction of sp³-hybridized carbons (Fsp3) is 0.375. The van der Waals surface area contributed by atoms with E-state index in [9.17, 15) is 4.79 Å². The summed E-state index contributed by atoms with van der Waals surface area (Å²) < 4.78 is 1.26. The minimum atomic E-state index is 0.156. The molecule has 1 aromatic heterocycles. The molecule has 0 unspecified atom stereocenters. The number of carbonyl (C=O) groups excluding carboxylic acids is 1. The smallest absolute Gasteiger partial charge is 0.227 e. The average Bonchev–Trinajstić information content (AvgIpc) is 3.45. The third-order valence-electron chi connectivity index (χ3n) is 6.52. The Kier molecular flexibility index (Phi) is 4.69. The molecule has 0 spiro atoms. The van der Waals surface area contributed by atoms with Gasteiger partial charge in [0.05, 0.1) is 12.5 Å². The number of likely N-dealkylation sites (N-methyl/N-ethyl adjacent to an activating group) is 1. The van der Waals surface area contributed by atoms with Crippen LogP contribution in [0.15, 0.2) is 53.9 Å². The minimum Gasteiger partial charge on any atom is -0.337 e. The minimum absolute atomic E-state index is 0.156. The highest BCUT2D eigenvalue weighted by molar-refractivity contribution is 7.17. The van der Waals surface area contributed by atoms with Gasteiger partial charge in [-0.15, -0.1) is 11.3 Å². The fourth-order valence-corrected chi connectivity index (χ4v) is 5.91. The first-order valence-electron chi connectivity index (χ1n) is 10.2. The SMILES string of the molecule is CN(C(=O)Cc1cccc2sccc12)[C@@H]1c2ccccc2C[C@H]1N1CCCC1. The molecule has 1 aliphatic carbocycles. The number of hydrogen-bond acceptors (Lipinski definition) is 3. The number of nitrogens with zero attached hydrogens (tertiary/aromatic N) is 2. The van der Waals surface area contributed by atoms with E-state index in [2.05, 4.69) is 58.8 Å². The van der Waals surface area contributed by atoms with Gasteiger partial charge >= 0.3 is 0 Å². The maximum Gasteiger partial charge on any atom is 0.227 e. The molecule has 2 aliphatic rings. The summed E-state index contributed by atoms with van der Waals surface area (Å²) in [6, 6.07) is 17.7. The number of rotatable bonds is 4. The molecule has 0 radical (unpaired) electrons. The zero-order chi connectivity index (χ0) is 19.1. The van der Waals surface area contributed by atoms with Gasteiger partial charge in [-0.3, -0.25) is 9.69 Å². The first-order chi connectivity index (χ1) is 13.7. The topological polar surface area (TPSA) is 23.6 Å². The normalized spacial score (nSPS) is 21.9. The predicted molar refractivity (Wildman–Crippen MR) is 116 cm³/mol. The Balaban J connectivity index is 1.43. The summed E-state index contributed by atoms with van der Waals surface area (Å²) in [5.41, 5.74) is 3.88. The summed E-state index contributed by atoms with van der Waals surface area (Å²) in [7, 11) is 2.01. The second kappa shape index (κ2) is 7.34. The molecule has 1 aliphatic heterocycles. The van der Waals surface area contributed by atoms with Crippen molar-refractivity contribution in [3.8, 4) is 0 Å². The van der Waals surface area contributed by atoms with Gasteiger partial charge in [0.2, 0.25) is 5.91 Å². The summed E-state index contributed by atoms with van der Waals surface area (Å²) in [5.74, 6) is 0.213. The highest BCUT2D eigenvalue weighted by Crippen LogP contribution is 2.39. The third-order valence-corrected chi connectivity index (χ3v) is 7.40. The summed E-state index contributed by atoms with van der Waals surface area (Å²) in [6.07, 6.45) is 4.07. The lowest BCUT2D eigenvalue weighted by Crippen LogP contribution is -2.44. The lowest BCUT2D eigenvalue weighted by Gasteiger charge is -2.35. The van der Waals surface area contributed by atoms with E-state index in [0.29, 0.717) is 12.5 Å². The van der Waals surface area contributed by atoms with Gasteiger partial charge < -0.3 is 4.90 Å². The molecule has 2 atom stereocenters. The summed E-state index contributed by atoms with van der Waals surface area (Å²) in [5, 5.41) is 3.33. The quantitative estimate of drug-likeness (QED) is 0.647. The van der Waals surface area contributed by atoms with Crippen LogP contribution in [-0.2, 0) is 17.6 Å². The van der Waals surface area contributed by atoms with Crippen LogP contribution in [-0.4, -0.2) is 41.9 Å². The number of amides is 1. The van der Waals surface area contributed by atoms with Crippen molar-refractivity contribution in [2.45, 2.75) is 37.8 Å². The first kappa shape index (κ1) is 17.9. The van der Waals surface area contributed by atoms with Crippen LogP contribution in [0.2, 0.25) is 0 Å².